The number of benzene rings is 5. The zero-order chi connectivity index (χ0) is 27.2. The summed E-state index contributed by atoms with van der Waals surface area (Å²) >= 11 is 1.80. The van der Waals surface area contributed by atoms with Crippen LogP contribution in [0.3, 0.4) is 0 Å². The first kappa shape index (κ1) is 23.6. The summed E-state index contributed by atoms with van der Waals surface area (Å²) in [5.41, 5.74) is 5.17. The molecule has 0 radical (unpaired) electrons. The third-order valence-corrected chi connectivity index (χ3v) is 8.54. The first-order valence-corrected chi connectivity index (χ1v) is 14.3. The van der Waals surface area contributed by atoms with Gasteiger partial charge in [-0.05, 0) is 46.8 Å². The zero-order valence-corrected chi connectivity index (χ0v) is 22.7. The molecule has 0 aliphatic rings. The topological polar surface area (TPSA) is 51.6 Å². The van der Waals surface area contributed by atoms with Crippen molar-refractivity contribution in [2.75, 3.05) is 0 Å². The van der Waals surface area contributed by atoms with Gasteiger partial charge in [0.05, 0.1) is 0 Å². The second-order valence-corrected chi connectivity index (χ2v) is 11.1. The minimum Gasteiger partial charge on any atom is -0.264 e. The Labute approximate surface area is 240 Å². The van der Waals surface area contributed by atoms with Gasteiger partial charge in [-0.1, -0.05) is 91.0 Å². The van der Waals surface area contributed by atoms with Crippen LogP contribution in [0, 0.1) is 0 Å². The predicted octanol–water partition coefficient (Wildman–Crippen LogP) is 9.46. The lowest BCUT2D eigenvalue weighted by Gasteiger charge is -2.11. The summed E-state index contributed by atoms with van der Waals surface area (Å²) in [6.45, 7) is 0. The fraction of sp³-hybridized carbons (Fsp3) is 0. The van der Waals surface area contributed by atoms with Crippen molar-refractivity contribution >= 4 is 42.3 Å². The van der Waals surface area contributed by atoms with Crippen LogP contribution in [0.4, 0.5) is 0 Å². The Balaban J connectivity index is 1.37. The molecule has 0 spiro atoms. The molecule has 0 saturated heterocycles. The molecule has 3 aromatic heterocycles. The Kier molecular flexibility index (Phi) is 5.61. The van der Waals surface area contributed by atoms with E-state index in [-0.39, 0.29) is 0 Å². The van der Waals surface area contributed by atoms with Crippen LogP contribution in [0.1, 0.15) is 0 Å². The van der Waals surface area contributed by atoms with Crippen molar-refractivity contribution in [1.82, 2.24) is 19.9 Å². The second-order valence-electron chi connectivity index (χ2n) is 9.97. The number of fused-ring (bicyclic) bond motifs is 4. The Bertz CT molecular complexity index is 2220. The molecule has 0 atom stereocenters. The molecule has 0 saturated carbocycles. The molecule has 5 aromatic carbocycles. The van der Waals surface area contributed by atoms with Crippen LogP contribution in [0.5, 0.6) is 0 Å². The second kappa shape index (κ2) is 9.73. The van der Waals surface area contributed by atoms with Gasteiger partial charge in [-0.25, -0.2) is 15.0 Å². The molecule has 41 heavy (non-hydrogen) atoms. The molecule has 0 amide bonds. The van der Waals surface area contributed by atoms with Gasteiger partial charge in [-0.2, -0.15) is 0 Å². The van der Waals surface area contributed by atoms with E-state index in [9.17, 15) is 0 Å². The van der Waals surface area contributed by atoms with E-state index in [1.807, 2.05) is 24.5 Å². The SMILES string of the molecule is c1ccc(-c2cccc(-c3nc(-c4ccc5cnccc5c4)nc(-c4cccc5sc6ccccc6c45)n3)c2)cc1. The van der Waals surface area contributed by atoms with Gasteiger partial charge < -0.3 is 0 Å². The zero-order valence-electron chi connectivity index (χ0n) is 21.9. The summed E-state index contributed by atoms with van der Waals surface area (Å²) in [4.78, 5) is 19.5. The molecule has 0 unspecified atom stereocenters. The first-order valence-electron chi connectivity index (χ1n) is 13.5. The molecule has 0 aliphatic heterocycles. The van der Waals surface area contributed by atoms with Gasteiger partial charge in [-0.15, -0.1) is 11.3 Å². The van der Waals surface area contributed by atoms with Gasteiger partial charge in [0.25, 0.3) is 0 Å². The van der Waals surface area contributed by atoms with Crippen molar-refractivity contribution in [2.45, 2.75) is 0 Å². The smallest absolute Gasteiger partial charge is 0.164 e. The third kappa shape index (κ3) is 4.24. The molecule has 0 aliphatic carbocycles. The minimum atomic E-state index is 0.644. The summed E-state index contributed by atoms with van der Waals surface area (Å²) in [6, 6.07) is 42.0. The molecule has 3 heterocycles. The highest BCUT2D eigenvalue weighted by molar-refractivity contribution is 7.25. The summed E-state index contributed by atoms with van der Waals surface area (Å²) in [5.74, 6) is 1.96. The number of nitrogens with zero attached hydrogens (tertiary/aromatic N) is 4. The van der Waals surface area contributed by atoms with E-state index in [2.05, 4.69) is 114 Å². The van der Waals surface area contributed by atoms with Crippen LogP contribution in [-0.2, 0) is 0 Å². The van der Waals surface area contributed by atoms with E-state index in [0.717, 1.165) is 38.6 Å². The van der Waals surface area contributed by atoms with E-state index < -0.39 is 0 Å². The fourth-order valence-corrected chi connectivity index (χ4v) is 6.54. The minimum absolute atomic E-state index is 0.644. The van der Waals surface area contributed by atoms with Crippen molar-refractivity contribution in [2.24, 2.45) is 0 Å². The average Bonchev–Trinajstić information content (AvgIpc) is 3.44. The lowest BCUT2D eigenvalue weighted by molar-refractivity contribution is 1.08. The first-order chi connectivity index (χ1) is 20.3. The monoisotopic (exact) mass is 542 g/mol. The van der Waals surface area contributed by atoms with Crippen LogP contribution in [0.15, 0.2) is 134 Å². The lowest BCUT2D eigenvalue weighted by Crippen LogP contribution is -2.00. The number of rotatable bonds is 4. The van der Waals surface area contributed by atoms with Crippen molar-refractivity contribution in [3.8, 4) is 45.3 Å². The quantitative estimate of drug-likeness (QED) is 0.222. The van der Waals surface area contributed by atoms with Crippen molar-refractivity contribution < 1.29 is 0 Å². The summed E-state index contributed by atoms with van der Waals surface area (Å²) < 4.78 is 2.47. The number of pyridine rings is 1. The van der Waals surface area contributed by atoms with Gasteiger partial charge in [0.1, 0.15) is 0 Å². The Morgan fingerprint density at radius 3 is 2.07 bits per heavy atom. The molecule has 0 fully saturated rings. The van der Waals surface area contributed by atoms with Crippen molar-refractivity contribution in [1.29, 1.82) is 0 Å². The maximum absolute atomic E-state index is 5.11. The van der Waals surface area contributed by atoms with E-state index in [4.69, 9.17) is 15.0 Å². The molecular weight excluding hydrogens is 520 g/mol. The van der Waals surface area contributed by atoms with Gasteiger partial charge in [0, 0.05) is 54.6 Å². The molecule has 4 nitrogen and oxygen atoms in total. The van der Waals surface area contributed by atoms with Crippen LogP contribution >= 0.6 is 11.3 Å². The molecular formula is C36H22N4S. The maximum atomic E-state index is 5.11. The molecule has 0 N–H and O–H groups in total. The standard InChI is InChI=1S/C36H22N4S/c1-2-8-23(9-3-1)24-10-6-11-26(20-24)34-38-35(27-16-17-28-22-37-19-18-25(28)21-27)40-36(39-34)30-13-7-15-32-33(30)29-12-4-5-14-31(29)41-32/h1-22H. The number of hydrogen-bond acceptors (Lipinski definition) is 5. The lowest BCUT2D eigenvalue weighted by atomic mass is 10.0. The summed E-state index contributed by atoms with van der Waals surface area (Å²) in [6.07, 6.45) is 3.69. The fourth-order valence-electron chi connectivity index (χ4n) is 5.41. The van der Waals surface area contributed by atoms with Crippen molar-refractivity contribution in [3.63, 3.8) is 0 Å². The molecule has 8 aromatic rings. The van der Waals surface area contributed by atoms with Crippen LogP contribution in [-0.4, -0.2) is 19.9 Å². The predicted molar refractivity (Wildman–Crippen MR) is 170 cm³/mol. The third-order valence-electron chi connectivity index (χ3n) is 7.41. The maximum Gasteiger partial charge on any atom is 0.164 e. The van der Waals surface area contributed by atoms with Gasteiger partial charge in [0.15, 0.2) is 17.5 Å². The molecule has 8 rings (SSSR count). The van der Waals surface area contributed by atoms with Crippen molar-refractivity contribution in [3.05, 3.63) is 134 Å². The van der Waals surface area contributed by atoms with E-state index in [1.165, 1.54) is 20.2 Å². The van der Waals surface area contributed by atoms with Crippen LogP contribution < -0.4 is 0 Å². The number of aromatic nitrogens is 4. The van der Waals surface area contributed by atoms with E-state index >= 15 is 0 Å². The van der Waals surface area contributed by atoms with Gasteiger partial charge in [-0.3, -0.25) is 4.98 Å². The number of thiophene rings is 1. The number of hydrogen-bond donors (Lipinski definition) is 0. The average molecular weight is 543 g/mol. The molecule has 5 heteroatoms. The largest absolute Gasteiger partial charge is 0.264 e. The molecule has 192 valence electrons. The van der Waals surface area contributed by atoms with Gasteiger partial charge in [0.2, 0.25) is 0 Å². The summed E-state index contributed by atoms with van der Waals surface area (Å²) in [7, 11) is 0. The van der Waals surface area contributed by atoms with Crippen LogP contribution in [0.25, 0.3) is 76.2 Å². The normalized spacial score (nSPS) is 11.4. The highest BCUT2D eigenvalue weighted by Gasteiger charge is 2.17. The molecule has 0 bridgehead atoms. The highest BCUT2D eigenvalue weighted by atomic mass is 32.1. The Morgan fingerprint density at radius 2 is 1.17 bits per heavy atom. The summed E-state index contributed by atoms with van der Waals surface area (Å²) in [5, 5.41) is 4.57. The van der Waals surface area contributed by atoms with Gasteiger partial charge >= 0.3 is 0 Å². The highest BCUT2D eigenvalue weighted by Crippen LogP contribution is 2.39. The van der Waals surface area contributed by atoms with E-state index in [0.29, 0.717) is 17.5 Å². The Morgan fingerprint density at radius 1 is 0.463 bits per heavy atom. The van der Waals surface area contributed by atoms with E-state index in [1.54, 1.807) is 11.3 Å². The Hall–Kier alpha value is -5.26. The van der Waals surface area contributed by atoms with Crippen LogP contribution in [0.2, 0.25) is 0 Å².